The minimum Gasteiger partial charge on any atom is -0.496 e. The third-order valence-corrected chi connectivity index (χ3v) is 3.22. The normalized spacial score (nSPS) is 10.2. The van der Waals surface area contributed by atoms with Gasteiger partial charge in [-0.1, -0.05) is 12.1 Å². The maximum atomic E-state index is 12.2. The standard InChI is InChI=1S/C16H18N2O2/c1-10-5-4-6-13(15(10)17)16(19)18-12-7-8-14(20-3)11(2)9-12/h4-9H,17H2,1-3H3,(H,18,19). The lowest BCUT2D eigenvalue weighted by Crippen LogP contribution is -2.14. The number of benzene rings is 2. The largest absolute Gasteiger partial charge is 0.496 e. The molecule has 0 aliphatic rings. The van der Waals surface area contributed by atoms with Gasteiger partial charge in [0.25, 0.3) is 5.91 Å². The molecule has 20 heavy (non-hydrogen) atoms. The molecule has 0 unspecified atom stereocenters. The van der Waals surface area contributed by atoms with Crippen LogP contribution in [0.15, 0.2) is 36.4 Å². The van der Waals surface area contributed by atoms with Crippen molar-refractivity contribution in [2.75, 3.05) is 18.2 Å². The molecule has 0 aliphatic heterocycles. The lowest BCUT2D eigenvalue weighted by molar-refractivity contribution is 0.102. The minimum atomic E-state index is -0.212. The maximum Gasteiger partial charge on any atom is 0.257 e. The van der Waals surface area contributed by atoms with Crippen LogP contribution < -0.4 is 15.8 Å². The molecule has 0 saturated carbocycles. The molecule has 0 radical (unpaired) electrons. The number of para-hydroxylation sites is 1. The Hall–Kier alpha value is -2.49. The number of ether oxygens (including phenoxy) is 1. The second kappa shape index (κ2) is 5.65. The van der Waals surface area contributed by atoms with Crippen LogP contribution in [0.1, 0.15) is 21.5 Å². The zero-order valence-electron chi connectivity index (χ0n) is 11.9. The van der Waals surface area contributed by atoms with Crippen molar-refractivity contribution < 1.29 is 9.53 Å². The highest BCUT2D eigenvalue weighted by atomic mass is 16.5. The van der Waals surface area contributed by atoms with Gasteiger partial charge < -0.3 is 15.8 Å². The number of carbonyl (C=O) groups is 1. The van der Waals surface area contributed by atoms with E-state index in [2.05, 4.69) is 5.32 Å². The summed E-state index contributed by atoms with van der Waals surface area (Å²) in [6, 6.07) is 10.9. The Morgan fingerprint density at radius 3 is 2.55 bits per heavy atom. The molecular formula is C16H18N2O2. The molecule has 4 nitrogen and oxygen atoms in total. The fourth-order valence-electron chi connectivity index (χ4n) is 2.03. The van der Waals surface area contributed by atoms with E-state index in [-0.39, 0.29) is 5.91 Å². The highest BCUT2D eigenvalue weighted by Crippen LogP contribution is 2.23. The van der Waals surface area contributed by atoms with Gasteiger partial charge in [-0.2, -0.15) is 0 Å². The Balaban J connectivity index is 2.24. The van der Waals surface area contributed by atoms with Crippen LogP contribution in [0.25, 0.3) is 0 Å². The number of anilines is 2. The van der Waals surface area contributed by atoms with Crippen molar-refractivity contribution in [3.8, 4) is 5.75 Å². The van der Waals surface area contributed by atoms with Gasteiger partial charge in [-0.05, 0) is 49.2 Å². The van der Waals surface area contributed by atoms with E-state index in [1.807, 2.05) is 38.1 Å². The highest BCUT2D eigenvalue weighted by Gasteiger charge is 2.11. The van der Waals surface area contributed by atoms with Crippen LogP contribution in [0, 0.1) is 13.8 Å². The Morgan fingerprint density at radius 1 is 1.15 bits per heavy atom. The summed E-state index contributed by atoms with van der Waals surface area (Å²) < 4.78 is 5.19. The number of carbonyl (C=O) groups excluding carboxylic acids is 1. The van der Waals surface area contributed by atoms with Crippen LogP contribution in [-0.2, 0) is 0 Å². The summed E-state index contributed by atoms with van der Waals surface area (Å²) in [7, 11) is 1.62. The molecular weight excluding hydrogens is 252 g/mol. The number of aryl methyl sites for hydroxylation is 2. The molecule has 0 aromatic heterocycles. The third-order valence-electron chi connectivity index (χ3n) is 3.22. The van der Waals surface area contributed by atoms with Crippen LogP contribution in [0.4, 0.5) is 11.4 Å². The Morgan fingerprint density at radius 2 is 1.90 bits per heavy atom. The Bertz CT molecular complexity index is 651. The molecule has 0 spiro atoms. The predicted octanol–water partition coefficient (Wildman–Crippen LogP) is 3.15. The predicted molar refractivity (Wildman–Crippen MR) is 81.3 cm³/mol. The topological polar surface area (TPSA) is 64.3 Å². The number of hydrogen-bond acceptors (Lipinski definition) is 3. The zero-order valence-corrected chi connectivity index (χ0v) is 11.9. The van der Waals surface area contributed by atoms with Crippen molar-refractivity contribution >= 4 is 17.3 Å². The van der Waals surface area contributed by atoms with Crippen molar-refractivity contribution in [2.45, 2.75) is 13.8 Å². The number of hydrogen-bond donors (Lipinski definition) is 2. The molecule has 0 aliphatic carbocycles. The van der Waals surface area contributed by atoms with Gasteiger partial charge >= 0.3 is 0 Å². The third kappa shape index (κ3) is 2.74. The van der Waals surface area contributed by atoms with E-state index in [4.69, 9.17) is 10.5 Å². The summed E-state index contributed by atoms with van der Waals surface area (Å²) in [6.45, 7) is 3.80. The van der Waals surface area contributed by atoms with Gasteiger partial charge in [0.05, 0.1) is 12.7 Å². The van der Waals surface area contributed by atoms with Crippen molar-refractivity contribution in [3.05, 3.63) is 53.1 Å². The summed E-state index contributed by atoms with van der Waals surface area (Å²) in [5.41, 5.74) is 9.50. The molecule has 0 saturated heterocycles. The Kier molecular flexibility index (Phi) is 3.94. The van der Waals surface area contributed by atoms with Gasteiger partial charge in [-0.25, -0.2) is 0 Å². The van der Waals surface area contributed by atoms with Crippen LogP contribution in [0.3, 0.4) is 0 Å². The number of amides is 1. The molecule has 1 amide bonds. The van der Waals surface area contributed by atoms with Gasteiger partial charge in [0, 0.05) is 11.4 Å². The lowest BCUT2D eigenvalue weighted by Gasteiger charge is -2.11. The first-order valence-electron chi connectivity index (χ1n) is 6.34. The van der Waals surface area contributed by atoms with Crippen LogP contribution in [-0.4, -0.2) is 13.0 Å². The zero-order chi connectivity index (χ0) is 14.7. The SMILES string of the molecule is COc1ccc(NC(=O)c2cccc(C)c2N)cc1C. The van der Waals surface area contributed by atoms with E-state index in [1.165, 1.54) is 0 Å². The molecule has 0 bridgehead atoms. The molecule has 2 rings (SSSR count). The summed E-state index contributed by atoms with van der Waals surface area (Å²) in [6.07, 6.45) is 0. The smallest absolute Gasteiger partial charge is 0.257 e. The van der Waals surface area contributed by atoms with Gasteiger partial charge in [0.2, 0.25) is 0 Å². The Labute approximate surface area is 118 Å². The number of nitrogen functional groups attached to an aromatic ring is 1. The number of nitrogens with one attached hydrogen (secondary N) is 1. The second-order valence-corrected chi connectivity index (χ2v) is 4.67. The number of methoxy groups -OCH3 is 1. The first-order valence-corrected chi connectivity index (χ1v) is 6.34. The monoisotopic (exact) mass is 270 g/mol. The lowest BCUT2D eigenvalue weighted by atomic mass is 10.1. The molecule has 0 atom stereocenters. The minimum absolute atomic E-state index is 0.212. The van der Waals surface area contributed by atoms with Gasteiger partial charge in [-0.3, -0.25) is 4.79 Å². The molecule has 4 heteroatoms. The number of nitrogens with two attached hydrogens (primary N) is 1. The fraction of sp³-hybridized carbons (Fsp3) is 0.188. The van der Waals surface area contributed by atoms with E-state index in [1.54, 1.807) is 19.2 Å². The van der Waals surface area contributed by atoms with E-state index in [0.29, 0.717) is 16.9 Å². The van der Waals surface area contributed by atoms with Crippen molar-refractivity contribution in [3.63, 3.8) is 0 Å². The molecule has 104 valence electrons. The van der Waals surface area contributed by atoms with Crippen molar-refractivity contribution in [1.82, 2.24) is 0 Å². The van der Waals surface area contributed by atoms with Gasteiger partial charge in [-0.15, -0.1) is 0 Å². The van der Waals surface area contributed by atoms with E-state index in [0.717, 1.165) is 16.9 Å². The van der Waals surface area contributed by atoms with E-state index in [9.17, 15) is 4.79 Å². The summed E-state index contributed by atoms with van der Waals surface area (Å²) >= 11 is 0. The first-order chi connectivity index (χ1) is 9.52. The maximum absolute atomic E-state index is 12.2. The average molecular weight is 270 g/mol. The summed E-state index contributed by atoms with van der Waals surface area (Å²) in [5.74, 6) is 0.578. The molecule has 2 aromatic rings. The number of rotatable bonds is 3. The molecule has 0 fully saturated rings. The van der Waals surface area contributed by atoms with E-state index >= 15 is 0 Å². The van der Waals surface area contributed by atoms with Crippen molar-refractivity contribution in [1.29, 1.82) is 0 Å². The van der Waals surface area contributed by atoms with Gasteiger partial charge in [0.15, 0.2) is 0 Å². The van der Waals surface area contributed by atoms with Crippen LogP contribution in [0.2, 0.25) is 0 Å². The first kappa shape index (κ1) is 13.9. The summed E-state index contributed by atoms with van der Waals surface area (Å²) in [5, 5.41) is 2.84. The average Bonchev–Trinajstić information content (AvgIpc) is 2.42. The fourth-order valence-corrected chi connectivity index (χ4v) is 2.03. The highest BCUT2D eigenvalue weighted by molar-refractivity contribution is 6.08. The van der Waals surface area contributed by atoms with Crippen LogP contribution >= 0.6 is 0 Å². The van der Waals surface area contributed by atoms with E-state index < -0.39 is 0 Å². The summed E-state index contributed by atoms with van der Waals surface area (Å²) in [4.78, 5) is 12.2. The quantitative estimate of drug-likeness (QED) is 0.842. The molecule has 0 heterocycles. The van der Waals surface area contributed by atoms with Gasteiger partial charge in [0.1, 0.15) is 5.75 Å². The second-order valence-electron chi connectivity index (χ2n) is 4.67. The van der Waals surface area contributed by atoms with Crippen LogP contribution in [0.5, 0.6) is 5.75 Å². The molecule has 2 aromatic carbocycles. The molecule has 3 N–H and O–H groups in total. The van der Waals surface area contributed by atoms with Crippen molar-refractivity contribution in [2.24, 2.45) is 0 Å².